The summed E-state index contributed by atoms with van der Waals surface area (Å²) in [6.07, 6.45) is 24.3. The number of carboxylic acids is 2. The van der Waals surface area contributed by atoms with E-state index >= 15 is 0 Å². The van der Waals surface area contributed by atoms with E-state index < -0.39 is 24.0 Å². The maximum Gasteiger partial charge on any atom is 0.320 e. The minimum Gasteiger partial charge on any atom is -0.480 e. The minimum atomic E-state index is -1.10. The number of rotatable bonds is 38. The lowest BCUT2D eigenvalue weighted by atomic mass is 9.81. The molecule has 4 fully saturated rings. The Kier molecular flexibility index (Phi) is 27.0. The summed E-state index contributed by atoms with van der Waals surface area (Å²) in [5.41, 5.74) is 15.9. The van der Waals surface area contributed by atoms with Crippen molar-refractivity contribution in [1.29, 1.82) is 0 Å². The molecule has 28 heteroatoms. The molecule has 2 amide bonds. The number of fused-ring (bicyclic) bond motifs is 2. The first-order chi connectivity index (χ1) is 46.7. The largest absolute Gasteiger partial charge is 0.480 e. The Morgan fingerprint density at radius 3 is 1.84 bits per heavy atom. The average molecular weight is 1330 g/mol. The monoisotopic (exact) mass is 1320 g/mol. The zero-order valence-corrected chi connectivity index (χ0v) is 56.1. The molecular weight excluding hydrogens is 1220 g/mol. The molecule has 0 radical (unpaired) electrons. The molecule has 6 aromatic rings. The second-order valence-corrected chi connectivity index (χ2v) is 26.9. The number of hydrogen-bond acceptors (Lipinski definition) is 22. The lowest BCUT2D eigenvalue weighted by Gasteiger charge is -2.33. The molecule has 5 heterocycles. The lowest BCUT2D eigenvalue weighted by Crippen LogP contribution is -2.43. The van der Waals surface area contributed by atoms with Crippen LogP contribution in [0, 0.1) is 0 Å². The number of aromatic nitrogens is 10. The molecule has 3 saturated carbocycles. The molecule has 0 spiro atoms. The normalized spacial score (nSPS) is 19.5. The van der Waals surface area contributed by atoms with Crippen LogP contribution in [0.3, 0.4) is 0 Å². The number of carbonyl (C=O) groups is 4. The lowest BCUT2D eigenvalue weighted by molar-refractivity contribution is -0.140. The number of carboxylic acid groups (broad SMARTS) is 2. The van der Waals surface area contributed by atoms with Crippen molar-refractivity contribution in [3.8, 4) is 0 Å². The van der Waals surface area contributed by atoms with Crippen LogP contribution < -0.4 is 58.9 Å². The van der Waals surface area contributed by atoms with Gasteiger partial charge >= 0.3 is 11.9 Å². The molecule has 2 aromatic carbocycles. The van der Waals surface area contributed by atoms with E-state index in [1.165, 1.54) is 37.7 Å². The van der Waals surface area contributed by atoms with Crippen molar-refractivity contribution < 1.29 is 29.4 Å². The Bertz CT molecular complexity index is 3410. The van der Waals surface area contributed by atoms with Crippen molar-refractivity contribution in [2.45, 2.75) is 222 Å². The van der Waals surface area contributed by atoms with Gasteiger partial charge in [-0.1, -0.05) is 47.9 Å². The molecule has 1 aliphatic heterocycles. The predicted molar refractivity (Wildman–Crippen MR) is 371 cm³/mol. The van der Waals surface area contributed by atoms with E-state index in [1.54, 1.807) is 4.90 Å². The average Bonchev–Trinajstić information content (AvgIpc) is 1.02. The smallest absolute Gasteiger partial charge is 0.320 e. The van der Waals surface area contributed by atoms with Gasteiger partial charge in [0.25, 0.3) is 0 Å². The summed E-state index contributed by atoms with van der Waals surface area (Å²) in [5.74, 6) is 0.613. The van der Waals surface area contributed by atoms with Crippen LogP contribution in [0.15, 0.2) is 54.9 Å². The van der Waals surface area contributed by atoms with Crippen molar-refractivity contribution in [1.82, 2.24) is 81.4 Å². The molecule has 0 unspecified atom stereocenters. The van der Waals surface area contributed by atoms with Crippen molar-refractivity contribution in [3.05, 3.63) is 71.8 Å². The first-order valence-corrected chi connectivity index (χ1v) is 35.5. The van der Waals surface area contributed by atoms with Gasteiger partial charge in [0.1, 0.15) is 35.1 Å². The number of benzene rings is 2. The molecule has 1 saturated heterocycles. The number of hydrogen-bond donors (Lipinski definition) is 12. The third-order valence-electron chi connectivity index (χ3n) is 19.5. The maximum absolute atomic E-state index is 12.8. The number of nitrogens with zero attached hydrogens (tertiary/aromatic N) is 12. The number of likely N-dealkylation sites (tertiary alicyclic amines) is 1. The van der Waals surface area contributed by atoms with E-state index in [-0.39, 0.29) is 55.6 Å². The zero-order valence-electron chi connectivity index (χ0n) is 56.1. The summed E-state index contributed by atoms with van der Waals surface area (Å²) in [6, 6.07) is 14.0. The third-order valence-corrected chi connectivity index (χ3v) is 19.5. The molecule has 28 nitrogen and oxygen atoms in total. The number of aliphatic carboxylic acids is 2. The Balaban J connectivity index is 0.636. The minimum absolute atomic E-state index is 0.0188. The number of nitrogens with two attached hydrogens (primary N) is 2. The molecule has 96 heavy (non-hydrogen) atoms. The number of anilines is 4. The fraction of sp³-hybridized carbons (Fsp3) is 0.647. The fourth-order valence-electron chi connectivity index (χ4n) is 13.7. The van der Waals surface area contributed by atoms with Gasteiger partial charge in [0, 0.05) is 87.0 Å². The highest BCUT2D eigenvalue weighted by Gasteiger charge is 2.29. The van der Waals surface area contributed by atoms with Crippen LogP contribution >= 0.6 is 0 Å². The number of piperidine rings is 1. The van der Waals surface area contributed by atoms with Crippen LogP contribution in [-0.2, 0) is 45.4 Å². The second-order valence-electron chi connectivity index (χ2n) is 26.9. The Labute approximate surface area is 563 Å². The van der Waals surface area contributed by atoms with E-state index in [4.69, 9.17) is 41.6 Å². The molecule has 4 aromatic heterocycles. The van der Waals surface area contributed by atoms with E-state index in [2.05, 4.69) is 81.4 Å². The quantitative estimate of drug-likeness (QED) is 0.0210. The first kappa shape index (κ1) is 71.0. The van der Waals surface area contributed by atoms with E-state index in [1.807, 2.05) is 58.0 Å². The molecule has 14 N–H and O–H groups in total. The summed E-state index contributed by atoms with van der Waals surface area (Å²) < 4.78 is 3.80. The summed E-state index contributed by atoms with van der Waals surface area (Å²) in [7, 11) is 1.95. The van der Waals surface area contributed by atoms with Crippen LogP contribution in [0.25, 0.3) is 21.8 Å². The van der Waals surface area contributed by atoms with Gasteiger partial charge in [0.2, 0.25) is 23.7 Å². The fourth-order valence-corrected chi connectivity index (χ4v) is 13.7. The first-order valence-electron chi connectivity index (χ1n) is 35.5. The van der Waals surface area contributed by atoms with Crippen molar-refractivity contribution in [2.75, 3.05) is 80.3 Å². The summed E-state index contributed by atoms with van der Waals surface area (Å²) >= 11 is 0. The van der Waals surface area contributed by atoms with Gasteiger partial charge in [-0.25, -0.2) is 9.97 Å². The summed E-state index contributed by atoms with van der Waals surface area (Å²) in [4.78, 5) is 71.5. The standard InChI is InChI=1S/C68H104N22O6/c1-87(68-80-59-14-6-5-13-55(59)63(82-68)78-52-29-39-88(40-30-52)62(92)28-25-58(70)66(95)96)43-54-45-90(86-84-54)38-10-34-72-32-8-36-74-49-18-15-46(16-19-49)47-17-26-60-56(41-47)64(77-51-22-20-50(21-23-51)76-61(91)27-24-57(69)65(93)94)81-67(79-60)75-42-53-44-89(85-83-53)37-9-33-71-31-7-35-73-48-11-3-2-4-12-48/h5-6,13-14,17,26,41,44-46,48-52,57-58,71-74H,2-4,7-12,15-16,18-25,27-40,42-43,69-70H2,1H3,(H,76,91)(H,93,94)(H,95,96)(H,78,80,82)(H2,75,77,79,81)/t46?,49?,50?,51?,57-,58-/m0/s1. The van der Waals surface area contributed by atoms with Crippen molar-refractivity contribution in [2.24, 2.45) is 11.5 Å². The van der Waals surface area contributed by atoms with Gasteiger partial charge in [-0.05, 0) is 191 Å². The highest BCUT2D eigenvalue weighted by molar-refractivity contribution is 5.91. The topological polar surface area (TPSA) is 376 Å². The zero-order chi connectivity index (χ0) is 67.0. The van der Waals surface area contributed by atoms with Gasteiger partial charge < -0.3 is 74.0 Å². The molecule has 4 aliphatic rings. The van der Waals surface area contributed by atoms with Gasteiger partial charge in [-0.15, -0.1) is 10.2 Å². The van der Waals surface area contributed by atoms with Crippen LogP contribution in [-0.4, -0.2) is 190 Å². The number of amides is 2. The van der Waals surface area contributed by atoms with Crippen molar-refractivity contribution in [3.63, 3.8) is 0 Å². The van der Waals surface area contributed by atoms with Crippen LogP contribution in [0.5, 0.6) is 0 Å². The summed E-state index contributed by atoms with van der Waals surface area (Å²) in [6.45, 7) is 9.36. The van der Waals surface area contributed by atoms with Gasteiger partial charge in [0.15, 0.2) is 0 Å². The summed E-state index contributed by atoms with van der Waals surface area (Å²) in [5, 5.41) is 66.7. The molecule has 2 atom stereocenters. The van der Waals surface area contributed by atoms with Crippen LogP contribution in [0.2, 0.25) is 0 Å². The van der Waals surface area contributed by atoms with E-state index in [0.717, 1.165) is 187 Å². The highest BCUT2D eigenvalue weighted by atomic mass is 16.4. The van der Waals surface area contributed by atoms with Gasteiger partial charge in [0.05, 0.1) is 36.5 Å². The third kappa shape index (κ3) is 21.9. The number of para-hydroxylation sites is 1. The van der Waals surface area contributed by atoms with Crippen molar-refractivity contribution >= 4 is 69.1 Å². The van der Waals surface area contributed by atoms with Gasteiger partial charge in [-0.3, -0.25) is 28.5 Å². The van der Waals surface area contributed by atoms with Crippen LogP contribution in [0.1, 0.15) is 171 Å². The van der Waals surface area contributed by atoms with Crippen LogP contribution in [0.4, 0.5) is 23.5 Å². The SMILES string of the molecule is CN(Cc1cn(CCCNCCCNC2CCC(c3ccc4nc(NCc5cn(CCCNCCCNC6CCCCC6)nn5)nc(NC5CCC(NC(=O)CC[C@H](N)C(=O)O)CC5)c4c3)CC2)nn1)c1nc(NC2CCN(C(=O)CC[C@H](N)C(=O)O)CC2)c2ccccc2n1. The highest BCUT2D eigenvalue weighted by Crippen LogP contribution is 2.37. The molecule has 0 bridgehead atoms. The van der Waals surface area contributed by atoms with E-state index in [9.17, 15) is 19.2 Å². The maximum atomic E-state index is 12.8. The Morgan fingerprint density at radius 1 is 0.594 bits per heavy atom. The molecule has 3 aliphatic carbocycles. The van der Waals surface area contributed by atoms with E-state index in [0.29, 0.717) is 56.1 Å². The molecule has 10 rings (SSSR count). The Hall–Kier alpha value is -7.76. The number of aryl methyl sites for hydroxylation is 2. The van der Waals surface area contributed by atoms with Gasteiger partial charge in [-0.2, -0.15) is 9.97 Å². The molecular formula is C68H104N22O6. The predicted octanol–water partition coefficient (Wildman–Crippen LogP) is 5.61. The Morgan fingerprint density at radius 2 is 1.17 bits per heavy atom. The molecule has 522 valence electrons. The number of carbonyl (C=O) groups excluding carboxylic acids is 2. The number of nitrogens with one attached hydrogen (secondary N) is 8. The second kappa shape index (κ2) is 36.5.